The number of hydrogen-bond donors (Lipinski definition) is 1. The van der Waals surface area contributed by atoms with Crippen molar-refractivity contribution in [2.45, 2.75) is 64.3 Å². The third kappa shape index (κ3) is 7.30. The lowest BCUT2D eigenvalue weighted by Crippen LogP contribution is -2.53. The van der Waals surface area contributed by atoms with Crippen molar-refractivity contribution in [3.05, 3.63) is 71.5 Å². The van der Waals surface area contributed by atoms with E-state index < -0.39 is 41.5 Å². The zero-order valence-corrected chi connectivity index (χ0v) is 19.8. The van der Waals surface area contributed by atoms with E-state index >= 15 is 0 Å². The fraction of sp³-hybridized carbons (Fsp3) is 0.423. The Hall–Kier alpha value is -3.42. The van der Waals surface area contributed by atoms with E-state index in [1.54, 1.807) is 32.9 Å². The number of carbonyl (C=O) groups is 3. The number of ether oxygens (including phenoxy) is 2. The zero-order valence-electron chi connectivity index (χ0n) is 19.8. The van der Waals surface area contributed by atoms with Gasteiger partial charge in [-0.15, -0.1) is 0 Å². The van der Waals surface area contributed by atoms with Crippen LogP contribution in [0.25, 0.3) is 0 Å². The number of nitrogens with zero attached hydrogens (tertiary/aromatic N) is 1. The van der Waals surface area contributed by atoms with Crippen LogP contribution in [0.4, 0.5) is 9.18 Å². The van der Waals surface area contributed by atoms with Gasteiger partial charge < -0.3 is 19.7 Å². The summed E-state index contributed by atoms with van der Waals surface area (Å²) >= 11 is 0. The van der Waals surface area contributed by atoms with Crippen LogP contribution in [0.3, 0.4) is 0 Å². The molecule has 1 aliphatic heterocycles. The maximum atomic E-state index is 13.7. The van der Waals surface area contributed by atoms with Crippen LogP contribution in [0, 0.1) is 5.82 Å². The van der Waals surface area contributed by atoms with E-state index in [2.05, 4.69) is 5.32 Å². The van der Waals surface area contributed by atoms with E-state index in [9.17, 15) is 18.8 Å². The number of amides is 2. The molecule has 3 rings (SSSR count). The van der Waals surface area contributed by atoms with Crippen molar-refractivity contribution in [2.75, 3.05) is 6.54 Å². The van der Waals surface area contributed by atoms with Gasteiger partial charge in [0.15, 0.2) is 0 Å². The minimum Gasteiger partial charge on any atom is -0.459 e. The van der Waals surface area contributed by atoms with Gasteiger partial charge in [-0.05, 0) is 56.9 Å². The first-order chi connectivity index (χ1) is 16.1. The molecule has 0 bridgehead atoms. The number of esters is 1. The van der Waals surface area contributed by atoms with Crippen LogP contribution < -0.4 is 5.32 Å². The molecule has 1 aliphatic rings. The second kappa shape index (κ2) is 11.1. The SMILES string of the molecule is CC(C)(C)OC(=O)N[C@@H](Cc1cccc(F)c1)C(=O)N1CCC[C@@H]1C(=O)OCc1ccccc1. The molecule has 182 valence electrons. The first-order valence-electron chi connectivity index (χ1n) is 11.4. The van der Waals surface area contributed by atoms with Gasteiger partial charge in [0.2, 0.25) is 5.91 Å². The van der Waals surface area contributed by atoms with E-state index in [1.807, 2.05) is 30.3 Å². The average molecular weight is 471 g/mol. The van der Waals surface area contributed by atoms with Gasteiger partial charge >= 0.3 is 12.1 Å². The fourth-order valence-electron chi connectivity index (χ4n) is 3.85. The highest BCUT2D eigenvalue weighted by Gasteiger charge is 2.39. The maximum absolute atomic E-state index is 13.7. The molecule has 0 spiro atoms. The number of likely N-dealkylation sites (tertiary alicyclic amines) is 1. The summed E-state index contributed by atoms with van der Waals surface area (Å²) in [4.78, 5) is 40.2. The number of nitrogens with one attached hydrogen (secondary N) is 1. The molecule has 34 heavy (non-hydrogen) atoms. The molecule has 0 saturated carbocycles. The molecular formula is C26H31FN2O5. The van der Waals surface area contributed by atoms with Crippen molar-refractivity contribution in [2.24, 2.45) is 0 Å². The van der Waals surface area contributed by atoms with Crippen LogP contribution in [0.1, 0.15) is 44.7 Å². The Labute approximate surface area is 199 Å². The van der Waals surface area contributed by atoms with Gasteiger partial charge in [-0.25, -0.2) is 14.0 Å². The Kier molecular flexibility index (Phi) is 8.26. The number of benzene rings is 2. The molecule has 1 N–H and O–H groups in total. The van der Waals surface area contributed by atoms with Crippen LogP contribution in [0.5, 0.6) is 0 Å². The van der Waals surface area contributed by atoms with Gasteiger partial charge in [0.05, 0.1) is 0 Å². The third-order valence-electron chi connectivity index (χ3n) is 5.35. The highest BCUT2D eigenvalue weighted by molar-refractivity contribution is 5.90. The zero-order chi connectivity index (χ0) is 24.7. The predicted octanol–water partition coefficient (Wildman–Crippen LogP) is 4.00. The van der Waals surface area contributed by atoms with Crippen LogP contribution in [-0.2, 0) is 32.1 Å². The summed E-state index contributed by atoms with van der Waals surface area (Å²) in [6.45, 7) is 5.63. The summed E-state index contributed by atoms with van der Waals surface area (Å²) in [5.74, 6) is -1.37. The molecule has 0 aliphatic carbocycles. The summed E-state index contributed by atoms with van der Waals surface area (Å²) in [7, 11) is 0. The molecule has 2 amide bonds. The molecule has 1 saturated heterocycles. The normalized spacial score (nSPS) is 16.6. The quantitative estimate of drug-likeness (QED) is 0.619. The van der Waals surface area contributed by atoms with E-state index in [-0.39, 0.29) is 13.0 Å². The molecule has 7 nitrogen and oxygen atoms in total. The van der Waals surface area contributed by atoms with Gasteiger partial charge in [0.1, 0.15) is 30.1 Å². The van der Waals surface area contributed by atoms with E-state index in [1.165, 1.54) is 17.0 Å². The van der Waals surface area contributed by atoms with Crippen LogP contribution >= 0.6 is 0 Å². The van der Waals surface area contributed by atoms with Gasteiger partial charge in [0, 0.05) is 13.0 Å². The maximum Gasteiger partial charge on any atom is 0.408 e. The van der Waals surface area contributed by atoms with Crippen LogP contribution in [0.2, 0.25) is 0 Å². The second-order valence-corrected chi connectivity index (χ2v) is 9.32. The fourth-order valence-corrected chi connectivity index (χ4v) is 3.85. The lowest BCUT2D eigenvalue weighted by molar-refractivity contribution is -0.155. The lowest BCUT2D eigenvalue weighted by atomic mass is 10.0. The number of hydrogen-bond acceptors (Lipinski definition) is 5. The number of carbonyl (C=O) groups excluding carboxylic acids is 3. The summed E-state index contributed by atoms with van der Waals surface area (Å²) in [6, 6.07) is 13.4. The molecule has 2 atom stereocenters. The van der Waals surface area contributed by atoms with Crippen molar-refractivity contribution < 1.29 is 28.2 Å². The van der Waals surface area contributed by atoms with Crippen molar-refractivity contribution in [1.29, 1.82) is 0 Å². The van der Waals surface area contributed by atoms with Crippen molar-refractivity contribution >= 4 is 18.0 Å². The summed E-state index contributed by atoms with van der Waals surface area (Å²) in [5, 5.41) is 2.61. The average Bonchev–Trinajstić information content (AvgIpc) is 3.26. The Morgan fingerprint density at radius 1 is 1.09 bits per heavy atom. The highest BCUT2D eigenvalue weighted by atomic mass is 19.1. The van der Waals surface area contributed by atoms with Gasteiger partial charge in [-0.3, -0.25) is 4.79 Å². The first-order valence-corrected chi connectivity index (χ1v) is 11.4. The van der Waals surface area contributed by atoms with E-state index in [0.717, 1.165) is 5.56 Å². The monoisotopic (exact) mass is 470 g/mol. The van der Waals surface area contributed by atoms with E-state index in [0.29, 0.717) is 24.9 Å². The Bertz CT molecular complexity index is 1010. The first kappa shape index (κ1) is 25.2. The number of alkyl carbamates (subject to hydrolysis) is 1. The Morgan fingerprint density at radius 3 is 2.47 bits per heavy atom. The molecule has 2 aromatic rings. The van der Waals surface area contributed by atoms with Crippen LogP contribution in [0.15, 0.2) is 54.6 Å². The number of halogens is 1. The minimum atomic E-state index is -1.03. The standard InChI is InChI=1S/C26H31FN2O5/c1-26(2,3)34-25(32)28-21(16-19-11-7-12-20(27)15-19)23(30)29-14-8-13-22(29)24(31)33-17-18-9-5-4-6-10-18/h4-7,9-12,15,21-22H,8,13-14,16-17H2,1-3H3,(H,28,32)/t21-,22+/m0/s1. The molecule has 0 radical (unpaired) electrons. The summed E-state index contributed by atoms with van der Waals surface area (Å²) in [6.07, 6.45) is 0.400. The van der Waals surface area contributed by atoms with Gasteiger partial charge in [0.25, 0.3) is 0 Å². The van der Waals surface area contributed by atoms with Crippen molar-refractivity contribution in [3.8, 4) is 0 Å². The molecule has 0 unspecified atom stereocenters. The third-order valence-corrected chi connectivity index (χ3v) is 5.35. The molecule has 2 aromatic carbocycles. The summed E-state index contributed by atoms with van der Waals surface area (Å²) in [5.41, 5.74) is 0.632. The topological polar surface area (TPSA) is 84.9 Å². The molecule has 0 aromatic heterocycles. The van der Waals surface area contributed by atoms with Crippen molar-refractivity contribution in [1.82, 2.24) is 10.2 Å². The van der Waals surface area contributed by atoms with Crippen molar-refractivity contribution in [3.63, 3.8) is 0 Å². The van der Waals surface area contributed by atoms with Crippen LogP contribution in [-0.4, -0.2) is 47.1 Å². The number of rotatable bonds is 7. The summed E-state index contributed by atoms with van der Waals surface area (Å²) < 4.78 is 24.5. The molecule has 8 heteroatoms. The Balaban J connectivity index is 1.73. The molecular weight excluding hydrogens is 439 g/mol. The Morgan fingerprint density at radius 2 is 1.79 bits per heavy atom. The molecule has 1 fully saturated rings. The second-order valence-electron chi connectivity index (χ2n) is 9.32. The highest BCUT2D eigenvalue weighted by Crippen LogP contribution is 2.22. The predicted molar refractivity (Wildman–Crippen MR) is 124 cm³/mol. The van der Waals surface area contributed by atoms with Gasteiger partial charge in [-0.2, -0.15) is 0 Å². The lowest BCUT2D eigenvalue weighted by Gasteiger charge is -2.29. The van der Waals surface area contributed by atoms with Gasteiger partial charge in [-0.1, -0.05) is 42.5 Å². The largest absolute Gasteiger partial charge is 0.459 e. The smallest absolute Gasteiger partial charge is 0.408 e. The molecule has 1 heterocycles. The van der Waals surface area contributed by atoms with E-state index in [4.69, 9.17) is 9.47 Å². The minimum absolute atomic E-state index is 0.0537.